The van der Waals surface area contributed by atoms with Crippen LogP contribution in [0.5, 0.6) is 0 Å². The van der Waals surface area contributed by atoms with Gasteiger partial charge in [-0.15, -0.1) is 0 Å². The Labute approximate surface area is 199 Å². The highest BCUT2D eigenvalue weighted by atomic mass is 16.5. The van der Waals surface area contributed by atoms with E-state index in [-0.39, 0.29) is 37.2 Å². The zero-order valence-electron chi connectivity index (χ0n) is 19.2. The van der Waals surface area contributed by atoms with Crippen LogP contribution in [-0.4, -0.2) is 53.2 Å². The molecule has 1 unspecified atom stereocenters. The number of benzene rings is 2. The number of carbonyl (C=O) groups excluding carboxylic acids is 2. The maximum atomic E-state index is 12.9. The van der Waals surface area contributed by atoms with Crippen molar-refractivity contribution in [3.05, 3.63) is 59.7 Å². The van der Waals surface area contributed by atoms with Crippen molar-refractivity contribution in [1.82, 2.24) is 10.2 Å². The lowest BCUT2D eigenvalue weighted by Crippen LogP contribution is -2.46. The minimum Gasteiger partial charge on any atom is -0.481 e. The molecule has 1 atom stereocenters. The molecule has 1 aliphatic heterocycles. The predicted octanol–water partition coefficient (Wildman–Crippen LogP) is 4.16. The third-order valence-corrected chi connectivity index (χ3v) is 7.39. The largest absolute Gasteiger partial charge is 0.481 e. The van der Waals surface area contributed by atoms with E-state index in [9.17, 15) is 14.4 Å². The molecular formula is C27H30N2O5. The Morgan fingerprint density at radius 1 is 1.03 bits per heavy atom. The molecule has 0 aromatic heterocycles. The first-order valence-corrected chi connectivity index (χ1v) is 12.1. The molecule has 2 fully saturated rings. The first kappa shape index (κ1) is 22.4. The maximum Gasteiger partial charge on any atom is 0.407 e. The molecule has 5 rings (SSSR count). The number of alkyl carbamates (subject to hydrolysis) is 1. The quantitative estimate of drug-likeness (QED) is 0.644. The van der Waals surface area contributed by atoms with Crippen LogP contribution in [0.25, 0.3) is 11.1 Å². The number of fused-ring (bicyclic) bond motifs is 3. The summed E-state index contributed by atoms with van der Waals surface area (Å²) in [5.41, 5.74) is 4.14. The number of hydrogen-bond acceptors (Lipinski definition) is 4. The Kier molecular flexibility index (Phi) is 6.02. The van der Waals surface area contributed by atoms with E-state index in [2.05, 4.69) is 29.6 Å². The highest BCUT2D eigenvalue weighted by Gasteiger charge is 2.47. The normalized spacial score (nSPS) is 20.2. The molecule has 0 bridgehead atoms. The lowest BCUT2D eigenvalue weighted by Gasteiger charge is -2.33. The molecule has 7 heteroatoms. The predicted molar refractivity (Wildman–Crippen MR) is 126 cm³/mol. The topological polar surface area (TPSA) is 95.9 Å². The Morgan fingerprint density at radius 2 is 1.68 bits per heavy atom. The molecule has 1 saturated carbocycles. The summed E-state index contributed by atoms with van der Waals surface area (Å²) < 4.78 is 5.66. The van der Waals surface area contributed by atoms with Crippen LogP contribution in [0.15, 0.2) is 48.5 Å². The van der Waals surface area contributed by atoms with Gasteiger partial charge in [-0.1, -0.05) is 48.5 Å². The van der Waals surface area contributed by atoms with E-state index in [0.717, 1.165) is 36.8 Å². The van der Waals surface area contributed by atoms with Gasteiger partial charge in [0.05, 0.1) is 12.0 Å². The van der Waals surface area contributed by atoms with Gasteiger partial charge in [0.25, 0.3) is 0 Å². The van der Waals surface area contributed by atoms with Gasteiger partial charge in [-0.2, -0.15) is 0 Å². The molecular weight excluding hydrogens is 432 g/mol. The van der Waals surface area contributed by atoms with Gasteiger partial charge >= 0.3 is 12.1 Å². The van der Waals surface area contributed by atoms with Crippen molar-refractivity contribution in [1.29, 1.82) is 0 Å². The number of nitrogens with zero attached hydrogens (tertiary/aromatic N) is 1. The van der Waals surface area contributed by atoms with Crippen molar-refractivity contribution >= 4 is 18.0 Å². The van der Waals surface area contributed by atoms with E-state index >= 15 is 0 Å². The summed E-state index contributed by atoms with van der Waals surface area (Å²) in [5, 5.41) is 12.0. The van der Waals surface area contributed by atoms with Crippen molar-refractivity contribution in [2.45, 2.75) is 50.0 Å². The molecule has 2 aliphatic carbocycles. The number of amides is 2. The van der Waals surface area contributed by atoms with Crippen LogP contribution in [0.3, 0.4) is 0 Å². The monoisotopic (exact) mass is 462 g/mol. The van der Waals surface area contributed by atoms with E-state index in [4.69, 9.17) is 9.84 Å². The van der Waals surface area contributed by atoms with Crippen molar-refractivity contribution in [3.8, 4) is 11.1 Å². The molecule has 0 radical (unpaired) electrons. The molecule has 2 aromatic carbocycles. The summed E-state index contributed by atoms with van der Waals surface area (Å²) in [4.78, 5) is 38.4. The first-order chi connectivity index (χ1) is 16.4. The summed E-state index contributed by atoms with van der Waals surface area (Å²) in [6, 6.07) is 16.4. The standard InChI is InChI=1S/C27H30N2O5/c30-24(29-13-5-6-18(16-29)14-25(31)32)15-27(11-12-27)28-26(33)34-17-23-21-9-3-1-7-19(21)20-8-2-4-10-22(20)23/h1-4,7-10,18,23H,5-6,11-17H2,(H,28,33)(H,31,32). The number of rotatable bonds is 7. The van der Waals surface area contributed by atoms with Crippen LogP contribution >= 0.6 is 0 Å². The van der Waals surface area contributed by atoms with Crippen molar-refractivity contribution in [3.63, 3.8) is 0 Å². The molecule has 0 spiro atoms. The van der Waals surface area contributed by atoms with Crippen molar-refractivity contribution in [2.75, 3.05) is 19.7 Å². The van der Waals surface area contributed by atoms with Gasteiger partial charge in [0, 0.05) is 25.4 Å². The summed E-state index contributed by atoms with van der Waals surface area (Å²) in [6.45, 7) is 1.37. The Balaban J connectivity index is 1.16. The van der Waals surface area contributed by atoms with Crippen molar-refractivity contribution in [2.24, 2.45) is 5.92 Å². The molecule has 3 aliphatic rings. The van der Waals surface area contributed by atoms with E-state index in [0.29, 0.717) is 13.1 Å². The number of aliphatic carboxylic acids is 1. The van der Waals surface area contributed by atoms with Gasteiger partial charge in [0.1, 0.15) is 6.61 Å². The molecule has 1 heterocycles. The van der Waals surface area contributed by atoms with Gasteiger partial charge in [-0.05, 0) is 53.9 Å². The van der Waals surface area contributed by atoms with Crippen LogP contribution < -0.4 is 5.32 Å². The van der Waals surface area contributed by atoms with E-state index < -0.39 is 17.6 Å². The minimum absolute atomic E-state index is 0.000411. The number of carboxylic acid groups (broad SMARTS) is 1. The van der Waals surface area contributed by atoms with Gasteiger partial charge < -0.3 is 20.1 Å². The number of ether oxygens (including phenoxy) is 1. The number of likely N-dealkylation sites (tertiary alicyclic amines) is 1. The Bertz CT molecular complexity index is 1060. The second kappa shape index (κ2) is 9.12. The highest BCUT2D eigenvalue weighted by molar-refractivity contribution is 5.81. The summed E-state index contributed by atoms with van der Waals surface area (Å²) in [7, 11) is 0. The lowest BCUT2D eigenvalue weighted by molar-refractivity contribution is -0.141. The molecule has 34 heavy (non-hydrogen) atoms. The zero-order chi connectivity index (χ0) is 23.7. The fourth-order valence-corrected chi connectivity index (χ4v) is 5.45. The zero-order valence-corrected chi connectivity index (χ0v) is 19.2. The molecule has 7 nitrogen and oxygen atoms in total. The molecule has 2 amide bonds. The average molecular weight is 463 g/mol. The number of piperidine rings is 1. The molecule has 2 N–H and O–H groups in total. The first-order valence-electron chi connectivity index (χ1n) is 12.1. The average Bonchev–Trinajstić information content (AvgIpc) is 3.49. The summed E-state index contributed by atoms with van der Waals surface area (Å²) in [5.74, 6) is -0.851. The van der Waals surface area contributed by atoms with E-state index in [1.165, 1.54) is 11.1 Å². The summed E-state index contributed by atoms with van der Waals surface area (Å²) >= 11 is 0. The SMILES string of the molecule is O=C(O)CC1CCCN(C(=O)CC2(NC(=O)OCC3c4ccccc4-c4ccccc43)CC2)C1. The summed E-state index contributed by atoms with van der Waals surface area (Å²) in [6.07, 6.45) is 2.97. The fraction of sp³-hybridized carbons (Fsp3) is 0.444. The van der Waals surface area contributed by atoms with Gasteiger partial charge in [-0.25, -0.2) is 4.79 Å². The molecule has 2 aromatic rings. The number of nitrogens with one attached hydrogen (secondary N) is 1. The van der Waals surface area contributed by atoms with E-state index in [1.54, 1.807) is 4.90 Å². The fourth-order valence-electron chi connectivity index (χ4n) is 5.45. The highest BCUT2D eigenvalue weighted by Crippen LogP contribution is 2.45. The van der Waals surface area contributed by atoms with Crippen molar-refractivity contribution < 1.29 is 24.2 Å². The van der Waals surface area contributed by atoms with Crippen LogP contribution in [-0.2, 0) is 14.3 Å². The van der Waals surface area contributed by atoms with Gasteiger partial charge in [-0.3, -0.25) is 9.59 Å². The Morgan fingerprint density at radius 3 is 2.29 bits per heavy atom. The van der Waals surface area contributed by atoms with Crippen LogP contribution in [0, 0.1) is 5.92 Å². The maximum absolute atomic E-state index is 12.9. The second-order valence-corrected chi connectivity index (χ2v) is 9.85. The van der Waals surface area contributed by atoms with Crippen LogP contribution in [0.2, 0.25) is 0 Å². The van der Waals surface area contributed by atoms with Gasteiger partial charge in [0.15, 0.2) is 0 Å². The number of carboxylic acids is 1. The number of carbonyl (C=O) groups is 3. The second-order valence-electron chi connectivity index (χ2n) is 9.85. The van der Waals surface area contributed by atoms with Gasteiger partial charge in [0.2, 0.25) is 5.91 Å². The van der Waals surface area contributed by atoms with Crippen LogP contribution in [0.1, 0.15) is 55.6 Å². The third-order valence-electron chi connectivity index (χ3n) is 7.39. The minimum atomic E-state index is -0.824. The van der Waals surface area contributed by atoms with E-state index in [1.807, 2.05) is 24.3 Å². The third kappa shape index (κ3) is 4.65. The lowest BCUT2D eigenvalue weighted by atomic mass is 9.94. The molecule has 178 valence electrons. The number of hydrogen-bond donors (Lipinski definition) is 2. The molecule has 1 saturated heterocycles. The van der Waals surface area contributed by atoms with Crippen LogP contribution in [0.4, 0.5) is 4.79 Å². The Hall–Kier alpha value is -3.35. The smallest absolute Gasteiger partial charge is 0.407 e.